The molecule has 24 heavy (non-hydrogen) atoms. The molecule has 4 nitrogen and oxygen atoms in total. The van der Waals surface area contributed by atoms with Gasteiger partial charge >= 0.3 is 0 Å². The number of likely N-dealkylation sites (N-methyl/N-ethyl adjacent to an activating group) is 1. The Kier molecular flexibility index (Phi) is 5.38. The van der Waals surface area contributed by atoms with Gasteiger partial charge in [0.15, 0.2) is 0 Å². The van der Waals surface area contributed by atoms with Crippen molar-refractivity contribution in [3.8, 4) is 0 Å². The maximum atomic E-state index is 12.1. The third-order valence-electron chi connectivity index (χ3n) is 4.41. The van der Waals surface area contributed by atoms with Crippen LogP contribution in [0.3, 0.4) is 0 Å². The van der Waals surface area contributed by atoms with E-state index in [0.29, 0.717) is 11.4 Å². The summed E-state index contributed by atoms with van der Waals surface area (Å²) in [5.41, 5.74) is 3.00. The molecule has 0 radical (unpaired) electrons. The molecule has 0 aliphatic carbocycles. The van der Waals surface area contributed by atoms with Crippen molar-refractivity contribution in [1.29, 1.82) is 0 Å². The topological polar surface area (TPSA) is 36.8 Å². The summed E-state index contributed by atoms with van der Waals surface area (Å²) in [5, 5.41) is 3.63. The van der Waals surface area contributed by atoms with Crippen molar-refractivity contribution in [3.05, 3.63) is 59.1 Å². The van der Waals surface area contributed by atoms with Crippen molar-refractivity contribution in [2.24, 2.45) is 0 Å². The summed E-state index contributed by atoms with van der Waals surface area (Å²) in [5.74, 6) is -0.0201. The number of nitrogens with zero attached hydrogens (tertiary/aromatic N) is 1. The highest BCUT2D eigenvalue weighted by molar-refractivity contribution is 6.30. The summed E-state index contributed by atoms with van der Waals surface area (Å²) < 4.78 is 0. The van der Waals surface area contributed by atoms with Gasteiger partial charge in [0.2, 0.25) is 5.91 Å². The van der Waals surface area contributed by atoms with E-state index in [9.17, 15) is 4.79 Å². The summed E-state index contributed by atoms with van der Waals surface area (Å²) in [6.07, 6.45) is 0.347. The summed E-state index contributed by atoms with van der Waals surface area (Å²) in [6.45, 7) is 4.49. The summed E-state index contributed by atoms with van der Waals surface area (Å²) in [7, 11) is 2.23. The van der Waals surface area contributed by atoms with E-state index in [4.69, 9.17) is 11.6 Å². The number of carbonyl (C=O) groups is 1. The molecule has 2 N–H and O–H groups in total. The highest BCUT2D eigenvalue weighted by Gasteiger charge is 2.16. The van der Waals surface area contributed by atoms with E-state index in [1.807, 2.05) is 24.3 Å². The van der Waals surface area contributed by atoms with Gasteiger partial charge in [0.25, 0.3) is 0 Å². The molecule has 1 aliphatic heterocycles. The first-order valence-electron chi connectivity index (χ1n) is 8.31. The van der Waals surface area contributed by atoms with Gasteiger partial charge in [-0.05, 0) is 42.0 Å². The number of quaternary nitrogens is 1. The molecule has 1 saturated heterocycles. The van der Waals surface area contributed by atoms with E-state index in [2.05, 4.69) is 29.4 Å². The summed E-state index contributed by atoms with van der Waals surface area (Å²) in [6, 6.07) is 15.5. The van der Waals surface area contributed by atoms with Crippen molar-refractivity contribution in [3.63, 3.8) is 0 Å². The molecule has 2 aromatic carbocycles. The smallest absolute Gasteiger partial charge is 0.228 e. The van der Waals surface area contributed by atoms with Crippen LogP contribution < -0.4 is 15.1 Å². The SMILES string of the molecule is C[NH+]1CCN(c2ccc(NC(=O)Cc3ccc(Cl)cc3)cc2)CC1. The van der Waals surface area contributed by atoms with E-state index < -0.39 is 0 Å². The highest BCUT2D eigenvalue weighted by atomic mass is 35.5. The maximum Gasteiger partial charge on any atom is 0.228 e. The minimum absolute atomic E-state index is 0.0201. The minimum Gasteiger partial charge on any atom is -0.360 e. The molecule has 5 heteroatoms. The molecule has 0 spiro atoms. The van der Waals surface area contributed by atoms with Crippen LogP contribution in [0, 0.1) is 0 Å². The number of benzene rings is 2. The second kappa shape index (κ2) is 7.69. The third-order valence-corrected chi connectivity index (χ3v) is 4.66. The molecule has 0 aromatic heterocycles. The highest BCUT2D eigenvalue weighted by Crippen LogP contribution is 2.18. The predicted octanol–water partition coefficient (Wildman–Crippen LogP) is 1.86. The Bertz CT molecular complexity index is 677. The molecule has 1 amide bonds. The van der Waals surface area contributed by atoms with Crippen LogP contribution in [0.1, 0.15) is 5.56 Å². The molecular weight excluding hydrogens is 322 g/mol. The zero-order valence-corrected chi connectivity index (χ0v) is 14.6. The van der Waals surface area contributed by atoms with Crippen molar-refractivity contribution >= 4 is 28.9 Å². The molecular formula is C19H23ClN3O+. The normalized spacial score (nSPS) is 15.3. The molecule has 1 heterocycles. The second-order valence-electron chi connectivity index (χ2n) is 6.34. The van der Waals surface area contributed by atoms with E-state index in [1.165, 1.54) is 18.8 Å². The molecule has 2 aromatic rings. The molecule has 126 valence electrons. The van der Waals surface area contributed by atoms with Gasteiger partial charge < -0.3 is 15.1 Å². The predicted molar refractivity (Wildman–Crippen MR) is 99.1 cm³/mol. The zero-order chi connectivity index (χ0) is 16.9. The Balaban J connectivity index is 1.55. The van der Waals surface area contributed by atoms with Crippen molar-refractivity contribution in [2.45, 2.75) is 6.42 Å². The number of rotatable bonds is 4. The third kappa shape index (κ3) is 4.49. The van der Waals surface area contributed by atoms with Crippen LogP contribution in [-0.2, 0) is 11.2 Å². The Hall–Kier alpha value is -2.04. The molecule has 1 aliphatic rings. The van der Waals surface area contributed by atoms with Gasteiger partial charge in [-0.1, -0.05) is 23.7 Å². The van der Waals surface area contributed by atoms with Crippen LogP contribution in [0.2, 0.25) is 5.02 Å². The second-order valence-corrected chi connectivity index (χ2v) is 6.78. The lowest BCUT2D eigenvalue weighted by atomic mass is 10.1. The van der Waals surface area contributed by atoms with Crippen LogP contribution in [0.5, 0.6) is 0 Å². The molecule has 0 bridgehead atoms. The van der Waals surface area contributed by atoms with Crippen LogP contribution in [0.15, 0.2) is 48.5 Å². The van der Waals surface area contributed by atoms with E-state index in [1.54, 1.807) is 17.0 Å². The van der Waals surface area contributed by atoms with Crippen molar-refractivity contribution < 1.29 is 9.69 Å². The van der Waals surface area contributed by atoms with Gasteiger partial charge in [0.1, 0.15) is 0 Å². The van der Waals surface area contributed by atoms with Gasteiger partial charge in [-0.3, -0.25) is 4.79 Å². The zero-order valence-electron chi connectivity index (χ0n) is 13.9. The number of anilines is 2. The van der Waals surface area contributed by atoms with Crippen LogP contribution in [0.4, 0.5) is 11.4 Å². The fourth-order valence-electron chi connectivity index (χ4n) is 2.90. The molecule has 1 fully saturated rings. The fraction of sp³-hybridized carbons (Fsp3) is 0.316. The Morgan fingerprint density at radius 1 is 1.08 bits per heavy atom. The van der Waals surface area contributed by atoms with Gasteiger partial charge in [-0.25, -0.2) is 0 Å². The largest absolute Gasteiger partial charge is 0.360 e. The summed E-state index contributed by atoms with van der Waals surface area (Å²) >= 11 is 5.86. The first-order valence-corrected chi connectivity index (χ1v) is 8.68. The van der Waals surface area contributed by atoms with Crippen molar-refractivity contribution in [2.75, 3.05) is 43.4 Å². The van der Waals surface area contributed by atoms with Gasteiger partial charge in [-0.2, -0.15) is 0 Å². The maximum absolute atomic E-state index is 12.1. The lowest BCUT2D eigenvalue weighted by Gasteiger charge is -2.31. The number of piperazine rings is 1. The molecule has 0 unspecified atom stereocenters. The number of amides is 1. The number of hydrogen-bond donors (Lipinski definition) is 2. The number of hydrogen-bond acceptors (Lipinski definition) is 2. The van der Waals surface area contributed by atoms with E-state index in [-0.39, 0.29) is 5.91 Å². The van der Waals surface area contributed by atoms with Crippen LogP contribution >= 0.6 is 11.6 Å². The average Bonchev–Trinajstić information content (AvgIpc) is 2.58. The molecule has 3 rings (SSSR count). The lowest BCUT2D eigenvalue weighted by Crippen LogP contribution is -3.12. The van der Waals surface area contributed by atoms with Crippen LogP contribution in [-0.4, -0.2) is 39.1 Å². The first-order chi connectivity index (χ1) is 11.6. The minimum atomic E-state index is -0.0201. The Morgan fingerprint density at radius 3 is 2.33 bits per heavy atom. The first kappa shape index (κ1) is 16.8. The van der Waals surface area contributed by atoms with Gasteiger partial charge in [0, 0.05) is 16.4 Å². The Labute approximate surface area is 148 Å². The lowest BCUT2D eigenvalue weighted by molar-refractivity contribution is -0.880. The van der Waals surface area contributed by atoms with Crippen molar-refractivity contribution in [1.82, 2.24) is 0 Å². The molecule has 0 saturated carbocycles. The number of carbonyl (C=O) groups excluding carboxylic acids is 1. The molecule has 0 atom stereocenters. The van der Waals surface area contributed by atoms with E-state index >= 15 is 0 Å². The number of halogens is 1. The van der Waals surface area contributed by atoms with Gasteiger partial charge in [0.05, 0.1) is 39.6 Å². The van der Waals surface area contributed by atoms with Gasteiger partial charge in [-0.15, -0.1) is 0 Å². The summed E-state index contributed by atoms with van der Waals surface area (Å²) in [4.78, 5) is 16.1. The average molecular weight is 345 g/mol. The monoisotopic (exact) mass is 344 g/mol. The fourth-order valence-corrected chi connectivity index (χ4v) is 3.02. The van der Waals surface area contributed by atoms with E-state index in [0.717, 1.165) is 24.3 Å². The standard InChI is InChI=1S/C19H22ClN3O/c1-22-10-12-23(13-11-22)18-8-6-17(7-9-18)21-19(24)14-15-2-4-16(20)5-3-15/h2-9H,10-14H2,1H3,(H,21,24)/p+1. The quantitative estimate of drug-likeness (QED) is 0.888. The number of nitrogens with one attached hydrogen (secondary N) is 2. The Morgan fingerprint density at radius 2 is 1.71 bits per heavy atom. The van der Waals surface area contributed by atoms with Crippen LogP contribution in [0.25, 0.3) is 0 Å².